The van der Waals surface area contributed by atoms with E-state index >= 15 is 0 Å². The zero-order valence-electron chi connectivity index (χ0n) is 10.2. The number of rotatable bonds is 1. The molecule has 6 heteroatoms. The SMILES string of the molecule is NC1=C2CN([C@@H]3CCC(=O)NC3=O)C=C2C=CC1=O. The predicted molar refractivity (Wildman–Crippen MR) is 66.3 cm³/mol. The maximum absolute atomic E-state index is 11.8. The van der Waals surface area contributed by atoms with Gasteiger partial charge >= 0.3 is 0 Å². The van der Waals surface area contributed by atoms with Crippen LogP contribution in [0.4, 0.5) is 0 Å². The van der Waals surface area contributed by atoms with E-state index in [4.69, 9.17) is 5.73 Å². The standard InChI is InChI=1S/C13H13N3O3/c14-12-8-6-16(5-7(8)1-3-10(12)17)9-2-4-11(18)15-13(9)19/h1,3,5,9H,2,4,6,14H2,(H,15,18,19)/t9-/m1/s1. The fourth-order valence-electron chi connectivity index (χ4n) is 2.56. The van der Waals surface area contributed by atoms with Crippen LogP contribution in [0.1, 0.15) is 12.8 Å². The van der Waals surface area contributed by atoms with Gasteiger partial charge in [0.2, 0.25) is 17.6 Å². The van der Waals surface area contributed by atoms with Crippen molar-refractivity contribution in [1.29, 1.82) is 0 Å². The summed E-state index contributed by atoms with van der Waals surface area (Å²) in [7, 11) is 0. The van der Waals surface area contributed by atoms with Crippen molar-refractivity contribution in [1.82, 2.24) is 10.2 Å². The van der Waals surface area contributed by atoms with E-state index in [0.29, 0.717) is 19.4 Å². The Bertz CT molecular complexity index is 586. The zero-order valence-corrected chi connectivity index (χ0v) is 10.2. The van der Waals surface area contributed by atoms with E-state index in [1.807, 2.05) is 11.1 Å². The summed E-state index contributed by atoms with van der Waals surface area (Å²) >= 11 is 0. The summed E-state index contributed by atoms with van der Waals surface area (Å²) in [4.78, 5) is 36.3. The van der Waals surface area contributed by atoms with Crippen molar-refractivity contribution in [2.45, 2.75) is 18.9 Å². The maximum Gasteiger partial charge on any atom is 0.249 e. The summed E-state index contributed by atoms with van der Waals surface area (Å²) in [6.07, 6.45) is 5.78. The minimum absolute atomic E-state index is 0.197. The number of nitrogens with two attached hydrogens (primary N) is 1. The van der Waals surface area contributed by atoms with Crippen molar-refractivity contribution in [3.05, 3.63) is 35.2 Å². The monoisotopic (exact) mass is 259 g/mol. The highest BCUT2D eigenvalue weighted by atomic mass is 16.2. The van der Waals surface area contributed by atoms with Gasteiger partial charge in [-0.3, -0.25) is 19.7 Å². The Labute approximate surface area is 109 Å². The van der Waals surface area contributed by atoms with Gasteiger partial charge in [0.25, 0.3) is 0 Å². The summed E-state index contributed by atoms with van der Waals surface area (Å²) in [5.74, 6) is -0.724. The van der Waals surface area contributed by atoms with Gasteiger partial charge in [-0.15, -0.1) is 0 Å². The van der Waals surface area contributed by atoms with Crippen molar-refractivity contribution in [3.8, 4) is 0 Å². The second-order valence-corrected chi connectivity index (χ2v) is 4.81. The first-order valence-electron chi connectivity index (χ1n) is 6.09. The zero-order chi connectivity index (χ0) is 13.6. The Hall–Kier alpha value is -2.37. The summed E-state index contributed by atoms with van der Waals surface area (Å²) in [5, 5.41) is 2.33. The van der Waals surface area contributed by atoms with E-state index in [1.54, 1.807) is 6.08 Å². The van der Waals surface area contributed by atoms with Gasteiger partial charge in [-0.2, -0.15) is 0 Å². The molecule has 19 heavy (non-hydrogen) atoms. The molecule has 0 unspecified atom stereocenters. The number of amides is 2. The molecule has 0 saturated carbocycles. The van der Waals surface area contributed by atoms with Crippen molar-refractivity contribution < 1.29 is 14.4 Å². The number of nitrogens with one attached hydrogen (secondary N) is 1. The van der Waals surface area contributed by atoms with Crippen LogP contribution in [0.25, 0.3) is 0 Å². The highest BCUT2D eigenvalue weighted by molar-refractivity contribution is 6.06. The van der Waals surface area contributed by atoms with Crippen molar-refractivity contribution >= 4 is 17.6 Å². The summed E-state index contributed by atoms with van der Waals surface area (Å²) in [6.45, 7) is 0.434. The third kappa shape index (κ3) is 1.85. The van der Waals surface area contributed by atoms with Gasteiger partial charge in [-0.1, -0.05) is 0 Å². The van der Waals surface area contributed by atoms with E-state index in [0.717, 1.165) is 11.1 Å². The molecule has 1 aliphatic carbocycles. The third-order valence-corrected chi connectivity index (χ3v) is 3.61. The second-order valence-electron chi connectivity index (χ2n) is 4.81. The van der Waals surface area contributed by atoms with E-state index in [2.05, 4.69) is 5.32 Å². The lowest BCUT2D eigenvalue weighted by Crippen LogP contribution is -2.50. The topological polar surface area (TPSA) is 92.5 Å². The van der Waals surface area contributed by atoms with Gasteiger partial charge in [0, 0.05) is 24.7 Å². The molecule has 1 fully saturated rings. The summed E-state index contributed by atoms with van der Waals surface area (Å²) in [6, 6.07) is -0.375. The molecule has 6 nitrogen and oxygen atoms in total. The van der Waals surface area contributed by atoms with Crippen LogP contribution < -0.4 is 11.1 Å². The summed E-state index contributed by atoms with van der Waals surface area (Å²) in [5.41, 5.74) is 7.63. The van der Waals surface area contributed by atoms with Crippen molar-refractivity contribution in [2.75, 3.05) is 6.54 Å². The lowest BCUT2D eigenvalue weighted by molar-refractivity contribution is -0.136. The van der Waals surface area contributed by atoms with Gasteiger partial charge in [0.15, 0.2) is 0 Å². The highest BCUT2D eigenvalue weighted by Gasteiger charge is 2.35. The van der Waals surface area contributed by atoms with Crippen LogP contribution in [0.15, 0.2) is 35.2 Å². The molecule has 2 aliphatic heterocycles. The molecule has 98 valence electrons. The first-order chi connectivity index (χ1) is 9.06. The van der Waals surface area contributed by atoms with Crippen molar-refractivity contribution in [2.24, 2.45) is 5.73 Å². The number of piperidine rings is 1. The lowest BCUT2D eigenvalue weighted by atomic mass is 9.99. The molecular weight excluding hydrogens is 246 g/mol. The van der Waals surface area contributed by atoms with Gasteiger partial charge < -0.3 is 10.6 Å². The van der Waals surface area contributed by atoms with Crippen molar-refractivity contribution in [3.63, 3.8) is 0 Å². The fourth-order valence-corrected chi connectivity index (χ4v) is 2.56. The molecule has 0 spiro atoms. The van der Waals surface area contributed by atoms with Crippen LogP contribution >= 0.6 is 0 Å². The minimum Gasteiger partial charge on any atom is -0.395 e. The number of hydrogen-bond acceptors (Lipinski definition) is 5. The maximum atomic E-state index is 11.8. The number of carbonyl (C=O) groups is 3. The van der Waals surface area contributed by atoms with Gasteiger partial charge in [0.1, 0.15) is 6.04 Å². The number of fused-ring (bicyclic) bond motifs is 1. The first-order valence-corrected chi connectivity index (χ1v) is 6.09. The Morgan fingerprint density at radius 1 is 1.26 bits per heavy atom. The van der Waals surface area contributed by atoms with E-state index < -0.39 is 0 Å². The number of ketones is 1. The van der Waals surface area contributed by atoms with Crippen LogP contribution in [-0.2, 0) is 14.4 Å². The Morgan fingerprint density at radius 3 is 2.79 bits per heavy atom. The number of hydrogen-bond donors (Lipinski definition) is 2. The van der Waals surface area contributed by atoms with Crippen LogP contribution in [0.3, 0.4) is 0 Å². The van der Waals surface area contributed by atoms with Crippen LogP contribution in [0, 0.1) is 0 Å². The largest absolute Gasteiger partial charge is 0.395 e. The summed E-state index contributed by atoms with van der Waals surface area (Å²) < 4.78 is 0. The molecule has 1 atom stereocenters. The molecular formula is C13H13N3O3. The number of imide groups is 1. The van der Waals surface area contributed by atoms with E-state index in [1.165, 1.54) is 6.08 Å². The van der Waals surface area contributed by atoms with Crippen LogP contribution in [0.5, 0.6) is 0 Å². The van der Waals surface area contributed by atoms with E-state index in [-0.39, 0.29) is 29.3 Å². The van der Waals surface area contributed by atoms with Gasteiger partial charge in [-0.05, 0) is 24.1 Å². The normalized spacial score (nSPS) is 26.5. The van der Waals surface area contributed by atoms with Crippen LogP contribution in [0.2, 0.25) is 0 Å². The molecule has 3 N–H and O–H groups in total. The molecule has 3 aliphatic rings. The Morgan fingerprint density at radius 2 is 2.05 bits per heavy atom. The van der Waals surface area contributed by atoms with Gasteiger partial charge in [-0.25, -0.2) is 0 Å². The predicted octanol–water partition coefficient (Wildman–Crippen LogP) is -0.657. The quantitative estimate of drug-likeness (QED) is 0.610. The molecule has 0 bridgehead atoms. The number of allylic oxidation sites excluding steroid dienone is 2. The van der Waals surface area contributed by atoms with E-state index in [9.17, 15) is 14.4 Å². The third-order valence-electron chi connectivity index (χ3n) is 3.61. The minimum atomic E-state index is -0.375. The molecule has 2 heterocycles. The molecule has 2 amide bonds. The Kier molecular flexibility index (Phi) is 2.51. The average molecular weight is 259 g/mol. The molecule has 0 aromatic carbocycles. The lowest BCUT2D eigenvalue weighted by Gasteiger charge is -2.29. The molecule has 3 rings (SSSR count). The van der Waals surface area contributed by atoms with Crippen LogP contribution in [-0.4, -0.2) is 35.1 Å². The average Bonchev–Trinajstić information content (AvgIpc) is 2.78. The molecule has 0 radical (unpaired) electrons. The highest BCUT2D eigenvalue weighted by Crippen LogP contribution is 2.30. The molecule has 0 aromatic rings. The molecule has 1 saturated heterocycles. The number of carbonyl (C=O) groups excluding carboxylic acids is 3. The molecule has 0 aromatic heterocycles. The smallest absolute Gasteiger partial charge is 0.249 e. The number of nitrogens with zero attached hydrogens (tertiary/aromatic N) is 1. The first kappa shape index (κ1) is 11.7. The van der Waals surface area contributed by atoms with Gasteiger partial charge in [0.05, 0.1) is 5.70 Å². The second kappa shape index (κ2) is 4.08. The Balaban J connectivity index is 1.85. The fraction of sp³-hybridized carbons (Fsp3) is 0.308.